The van der Waals surface area contributed by atoms with Crippen LogP contribution in [0.4, 0.5) is 4.79 Å². The Morgan fingerprint density at radius 1 is 0.821 bits per heavy atom. The average molecular weight is 377 g/mol. The molecule has 1 aromatic heterocycles. The summed E-state index contributed by atoms with van der Waals surface area (Å²) in [5, 5.41) is 13.5. The van der Waals surface area contributed by atoms with Crippen LogP contribution in [0.2, 0.25) is 0 Å². The van der Waals surface area contributed by atoms with E-state index in [0.29, 0.717) is 18.9 Å². The second kappa shape index (κ2) is 7.51. The number of carboxylic acid groups (broad SMARTS) is 1. The number of aromatic nitrogens is 3. The van der Waals surface area contributed by atoms with Crippen LogP contribution in [0.1, 0.15) is 10.6 Å². The maximum atomic E-state index is 12.9. The molecule has 3 aromatic rings. The third kappa shape index (κ3) is 3.44. The summed E-state index contributed by atoms with van der Waals surface area (Å²) < 4.78 is 1.66. The molecule has 1 fully saturated rings. The minimum Gasteiger partial charge on any atom is -0.465 e. The van der Waals surface area contributed by atoms with Gasteiger partial charge in [0.15, 0.2) is 5.82 Å². The molecule has 0 spiro atoms. The second-order valence-electron chi connectivity index (χ2n) is 6.43. The molecule has 2 aromatic carbocycles. The Kier molecular flexibility index (Phi) is 4.76. The average Bonchev–Trinajstić information content (AvgIpc) is 3.20. The lowest BCUT2D eigenvalue weighted by molar-refractivity contribution is 0.0614. The second-order valence-corrected chi connectivity index (χ2v) is 6.43. The minimum atomic E-state index is -0.968. The lowest BCUT2D eigenvalue weighted by atomic mass is 10.2. The first-order chi connectivity index (χ1) is 13.6. The summed E-state index contributed by atoms with van der Waals surface area (Å²) in [6, 6.07) is 19.1. The summed E-state index contributed by atoms with van der Waals surface area (Å²) in [7, 11) is 0. The van der Waals surface area contributed by atoms with Crippen molar-refractivity contribution in [2.45, 2.75) is 0 Å². The highest BCUT2D eigenvalue weighted by atomic mass is 16.4. The summed E-state index contributed by atoms with van der Waals surface area (Å²) >= 11 is 0. The lowest BCUT2D eigenvalue weighted by Crippen LogP contribution is -2.50. The first kappa shape index (κ1) is 17.7. The van der Waals surface area contributed by atoms with Crippen molar-refractivity contribution in [2.24, 2.45) is 0 Å². The van der Waals surface area contributed by atoms with E-state index in [1.54, 1.807) is 9.58 Å². The van der Waals surface area contributed by atoms with Gasteiger partial charge in [-0.15, -0.1) is 5.10 Å². The molecule has 2 amide bonds. The van der Waals surface area contributed by atoms with Gasteiger partial charge in [-0.3, -0.25) is 4.79 Å². The fraction of sp³-hybridized carbons (Fsp3) is 0.200. The number of amides is 2. The maximum Gasteiger partial charge on any atom is 0.407 e. The molecule has 0 radical (unpaired) electrons. The highest BCUT2D eigenvalue weighted by molar-refractivity contribution is 5.91. The standard InChI is InChI=1S/C20H19N5O3/c26-19(23-11-13-24(14-12-23)20(27)28)17-21-18(15-7-3-1-4-8-15)25(22-17)16-9-5-2-6-10-16/h1-10H,11-14H2,(H,27,28). The van der Waals surface area contributed by atoms with Crippen molar-refractivity contribution in [3.63, 3.8) is 0 Å². The molecule has 1 N–H and O–H groups in total. The Balaban J connectivity index is 1.66. The zero-order chi connectivity index (χ0) is 19.5. The Labute approximate surface area is 161 Å². The van der Waals surface area contributed by atoms with Gasteiger partial charge in [0.25, 0.3) is 5.91 Å². The predicted octanol–water partition coefficient (Wildman–Crippen LogP) is 2.37. The van der Waals surface area contributed by atoms with Gasteiger partial charge in [0, 0.05) is 31.7 Å². The van der Waals surface area contributed by atoms with E-state index in [1.165, 1.54) is 4.90 Å². The molecule has 8 nitrogen and oxygen atoms in total. The number of carbonyl (C=O) groups is 2. The molecule has 1 aliphatic rings. The molecular formula is C20H19N5O3. The van der Waals surface area contributed by atoms with Crippen molar-refractivity contribution < 1.29 is 14.7 Å². The summed E-state index contributed by atoms with van der Waals surface area (Å²) in [5.41, 5.74) is 1.66. The predicted molar refractivity (Wildman–Crippen MR) is 102 cm³/mol. The van der Waals surface area contributed by atoms with E-state index in [2.05, 4.69) is 10.1 Å². The Bertz CT molecular complexity index is 923. The van der Waals surface area contributed by atoms with E-state index in [-0.39, 0.29) is 24.8 Å². The lowest BCUT2D eigenvalue weighted by Gasteiger charge is -2.32. The molecule has 0 aliphatic carbocycles. The Morgan fingerprint density at radius 2 is 1.39 bits per heavy atom. The van der Waals surface area contributed by atoms with Crippen molar-refractivity contribution in [2.75, 3.05) is 26.2 Å². The van der Waals surface area contributed by atoms with Crippen molar-refractivity contribution in [3.8, 4) is 17.1 Å². The van der Waals surface area contributed by atoms with Crippen LogP contribution >= 0.6 is 0 Å². The summed E-state index contributed by atoms with van der Waals surface area (Å²) in [4.78, 5) is 31.4. The Morgan fingerprint density at radius 3 is 2.00 bits per heavy atom. The quantitative estimate of drug-likeness (QED) is 0.757. The molecule has 4 rings (SSSR count). The fourth-order valence-electron chi connectivity index (χ4n) is 3.17. The number of hydrogen-bond acceptors (Lipinski definition) is 4. The summed E-state index contributed by atoms with van der Waals surface area (Å²) in [6.07, 6.45) is -0.968. The van der Waals surface area contributed by atoms with E-state index >= 15 is 0 Å². The molecule has 0 bridgehead atoms. The van der Waals surface area contributed by atoms with Crippen molar-refractivity contribution in [1.82, 2.24) is 24.6 Å². The fourth-order valence-corrected chi connectivity index (χ4v) is 3.17. The molecule has 1 aliphatic heterocycles. The van der Waals surface area contributed by atoms with Crippen LogP contribution in [0.15, 0.2) is 60.7 Å². The topological polar surface area (TPSA) is 91.6 Å². The van der Waals surface area contributed by atoms with Crippen LogP contribution in [0.3, 0.4) is 0 Å². The molecule has 0 unspecified atom stereocenters. The third-order valence-electron chi connectivity index (χ3n) is 4.67. The monoisotopic (exact) mass is 377 g/mol. The van der Waals surface area contributed by atoms with E-state index in [1.807, 2.05) is 60.7 Å². The molecule has 8 heteroatoms. The van der Waals surface area contributed by atoms with Crippen molar-refractivity contribution >= 4 is 12.0 Å². The van der Waals surface area contributed by atoms with Crippen LogP contribution in [0.5, 0.6) is 0 Å². The van der Waals surface area contributed by atoms with E-state index < -0.39 is 6.09 Å². The zero-order valence-corrected chi connectivity index (χ0v) is 15.1. The zero-order valence-electron chi connectivity index (χ0n) is 15.1. The van der Waals surface area contributed by atoms with Crippen LogP contribution < -0.4 is 0 Å². The molecule has 2 heterocycles. The number of carbonyl (C=O) groups excluding carboxylic acids is 1. The highest BCUT2D eigenvalue weighted by Gasteiger charge is 2.28. The molecule has 28 heavy (non-hydrogen) atoms. The Hall–Kier alpha value is -3.68. The van der Waals surface area contributed by atoms with Gasteiger partial charge in [-0.05, 0) is 12.1 Å². The van der Waals surface area contributed by atoms with Gasteiger partial charge in [-0.1, -0.05) is 48.5 Å². The van der Waals surface area contributed by atoms with Gasteiger partial charge in [0.2, 0.25) is 5.82 Å². The highest BCUT2D eigenvalue weighted by Crippen LogP contribution is 2.21. The maximum absolute atomic E-state index is 12.9. The van der Waals surface area contributed by atoms with E-state index in [4.69, 9.17) is 5.11 Å². The van der Waals surface area contributed by atoms with Gasteiger partial charge in [-0.25, -0.2) is 14.5 Å². The van der Waals surface area contributed by atoms with Crippen LogP contribution in [0.25, 0.3) is 17.1 Å². The molecular weight excluding hydrogens is 358 g/mol. The molecule has 0 atom stereocenters. The van der Waals surface area contributed by atoms with Gasteiger partial charge >= 0.3 is 6.09 Å². The molecule has 142 valence electrons. The minimum absolute atomic E-state index is 0.103. The number of piperazine rings is 1. The summed E-state index contributed by atoms with van der Waals surface area (Å²) in [6.45, 7) is 1.22. The van der Waals surface area contributed by atoms with Gasteiger partial charge in [0.1, 0.15) is 0 Å². The number of nitrogens with zero attached hydrogens (tertiary/aromatic N) is 5. The van der Waals surface area contributed by atoms with E-state index in [0.717, 1.165) is 11.3 Å². The smallest absolute Gasteiger partial charge is 0.407 e. The SMILES string of the molecule is O=C(O)N1CCN(C(=O)c2nc(-c3ccccc3)n(-c3ccccc3)n2)CC1. The number of rotatable bonds is 3. The van der Waals surface area contributed by atoms with Gasteiger partial charge in [0.05, 0.1) is 5.69 Å². The van der Waals surface area contributed by atoms with Crippen molar-refractivity contribution in [1.29, 1.82) is 0 Å². The summed E-state index contributed by atoms with van der Waals surface area (Å²) in [5.74, 6) is 0.391. The number of benzene rings is 2. The van der Waals surface area contributed by atoms with Crippen LogP contribution in [-0.4, -0.2) is 67.9 Å². The van der Waals surface area contributed by atoms with Crippen LogP contribution in [-0.2, 0) is 0 Å². The largest absolute Gasteiger partial charge is 0.465 e. The van der Waals surface area contributed by atoms with Crippen molar-refractivity contribution in [3.05, 3.63) is 66.5 Å². The number of hydrogen-bond donors (Lipinski definition) is 1. The van der Waals surface area contributed by atoms with Gasteiger partial charge in [-0.2, -0.15) is 0 Å². The van der Waals surface area contributed by atoms with E-state index in [9.17, 15) is 9.59 Å². The van der Waals surface area contributed by atoms with Gasteiger partial charge < -0.3 is 14.9 Å². The van der Waals surface area contributed by atoms with Crippen LogP contribution in [0, 0.1) is 0 Å². The first-order valence-corrected chi connectivity index (χ1v) is 8.98. The first-order valence-electron chi connectivity index (χ1n) is 8.98. The molecule has 1 saturated heterocycles. The third-order valence-corrected chi connectivity index (χ3v) is 4.67. The molecule has 0 saturated carbocycles. The number of para-hydroxylation sites is 1. The normalized spacial score (nSPS) is 14.1.